The fourth-order valence-corrected chi connectivity index (χ4v) is 1.89. The average Bonchev–Trinajstić information content (AvgIpc) is 2.38. The van der Waals surface area contributed by atoms with E-state index in [1.165, 1.54) is 4.90 Å². The first-order valence-corrected chi connectivity index (χ1v) is 7.25. The highest BCUT2D eigenvalue weighted by Gasteiger charge is 2.14. The van der Waals surface area contributed by atoms with Gasteiger partial charge in [-0.05, 0) is 37.6 Å². The fraction of sp³-hybridized carbons (Fsp3) is 0.562. The first kappa shape index (κ1) is 16.5. The van der Waals surface area contributed by atoms with Crippen molar-refractivity contribution >= 4 is 5.97 Å². The van der Waals surface area contributed by atoms with Crippen LogP contribution >= 0.6 is 0 Å². The molecule has 1 unspecified atom stereocenters. The van der Waals surface area contributed by atoms with Crippen molar-refractivity contribution in [1.29, 1.82) is 0 Å². The lowest BCUT2D eigenvalue weighted by Gasteiger charge is -2.15. The second kappa shape index (κ2) is 8.59. The molecular weight excluding hydrogens is 254 g/mol. The molecule has 0 aliphatic carbocycles. The number of ether oxygens (including phenoxy) is 2. The molecule has 0 aromatic heterocycles. The normalized spacial score (nSPS) is 12.2. The zero-order chi connectivity index (χ0) is 15.0. The summed E-state index contributed by atoms with van der Waals surface area (Å²) < 4.78 is 10.9. The van der Waals surface area contributed by atoms with Crippen molar-refractivity contribution in [2.45, 2.75) is 32.8 Å². The van der Waals surface area contributed by atoms with Crippen LogP contribution < -0.4 is 9.64 Å². The Balaban J connectivity index is 2.48. The SMILES string of the molecule is CCCCOc1ccc(C(=O)OC(C)C[NH+](C)C)cc1. The van der Waals surface area contributed by atoms with E-state index in [0.29, 0.717) is 12.2 Å². The second-order valence-electron chi connectivity index (χ2n) is 5.35. The number of nitrogens with one attached hydrogen (secondary N) is 1. The van der Waals surface area contributed by atoms with Gasteiger partial charge in [0.15, 0.2) is 0 Å². The highest BCUT2D eigenvalue weighted by Crippen LogP contribution is 2.13. The highest BCUT2D eigenvalue weighted by molar-refractivity contribution is 5.89. The van der Waals surface area contributed by atoms with Crippen molar-refractivity contribution in [3.8, 4) is 5.75 Å². The molecule has 1 N–H and O–H groups in total. The van der Waals surface area contributed by atoms with Gasteiger partial charge < -0.3 is 14.4 Å². The lowest BCUT2D eigenvalue weighted by atomic mass is 10.2. The first-order chi connectivity index (χ1) is 9.52. The van der Waals surface area contributed by atoms with Crippen molar-refractivity contribution in [2.24, 2.45) is 0 Å². The Labute approximate surface area is 121 Å². The summed E-state index contributed by atoms with van der Waals surface area (Å²) in [7, 11) is 4.07. The summed E-state index contributed by atoms with van der Waals surface area (Å²) in [5, 5.41) is 0. The number of rotatable bonds is 8. The van der Waals surface area contributed by atoms with E-state index in [1.807, 2.05) is 33.2 Å². The van der Waals surface area contributed by atoms with Gasteiger partial charge in [-0.25, -0.2) is 4.79 Å². The zero-order valence-corrected chi connectivity index (χ0v) is 12.9. The Morgan fingerprint density at radius 1 is 1.25 bits per heavy atom. The molecule has 1 aromatic carbocycles. The number of likely N-dealkylation sites (N-methyl/N-ethyl adjacent to an activating group) is 1. The zero-order valence-electron chi connectivity index (χ0n) is 12.9. The van der Waals surface area contributed by atoms with E-state index in [-0.39, 0.29) is 12.1 Å². The molecule has 1 aromatic rings. The van der Waals surface area contributed by atoms with Gasteiger partial charge in [-0.3, -0.25) is 0 Å². The third-order valence-electron chi connectivity index (χ3n) is 2.86. The number of hydrogen-bond acceptors (Lipinski definition) is 3. The molecule has 0 spiro atoms. The maximum atomic E-state index is 11.9. The molecule has 0 heterocycles. The van der Waals surface area contributed by atoms with Crippen molar-refractivity contribution in [3.05, 3.63) is 29.8 Å². The Hall–Kier alpha value is -1.55. The van der Waals surface area contributed by atoms with Crippen LogP contribution in [-0.4, -0.2) is 39.3 Å². The minimum Gasteiger partial charge on any atom is -0.494 e. The number of unbranched alkanes of at least 4 members (excludes halogenated alkanes) is 1. The predicted molar refractivity (Wildman–Crippen MR) is 79.4 cm³/mol. The van der Waals surface area contributed by atoms with Crippen molar-refractivity contribution in [1.82, 2.24) is 0 Å². The number of benzene rings is 1. The fourth-order valence-electron chi connectivity index (χ4n) is 1.89. The van der Waals surface area contributed by atoms with E-state index in [4.69, 9.17) is 9.47 Å². The molecule has 0 saturated carbocycles. The quantitative estimate of drug-likeness (QED) is 0.580. The Morgan fingerprint density at radius 3 is 2.45 bits per heavy atom. The molecule has 1 atom stereocenters. The van der Waals surface area contributed by atoms with Crippen LogP contribution in [0.5, 0.6) is 5.75 Å². The molecule has 4 heteroatoms. The van der Waals surface area contributed by atoms with Gasteiger partial charge in [-0.15, -0.1) is 0 Å². The largest absolute Gasteiger partial charge is 0.494 e. The smallest absolute Gasteiger partial charge is 0.338 e. The Kier molecular flexibility index (Phi) is 7.09. The molecule has 1 rings (SSSR count). The van der Waals surface area contributed by atoms with Gasteiger partial charge in [-0.2, -0.15) is 0 Å². The van der Waals surface area contributed by atoms with Crippen molar-refractivity contribution < 1.29 is 19.2 Å². The van der Waals surface area contributed by atoms with Gasteiger partial charge in [-0.1, -0.05) is 13.3 Å². The lowest BCUT2D eigenvalue weighted by molar-refractivity contribution is -0.861. The summed E-state index contributed by atoms with van der Waals surface area (Å²) in [6.45, 7) is 5.54. The van der Waals surface area contributed by atoms with Crippen LogP contribution in [0.1, 0.15) is 37.0 Å². The summed E-state index contributed by atoms with van der Waals surface area (Å²) >= 11 is 0. The average molecular weight is 280 g/mol. The number of esters is 1. The Morgan fingerprint density at radius 2 is 1.90 bits per heavy atom. The lowest BCUT2D eigenvalue weighted by Crippen LogP contribution is -3.06. The van der Waals surface area contributed by atoms with E-state index < -0.39 is 0 Å². The predicted octanol–water partition coefficient (Wildman–Crippen LogP) is 1.56. The van der Waals surface area contributed by atoms with Gasteiger partial charge in [0.05, 0.1) is 26.3 Å². The molecule has 0 bridgehead atoms. The summed E-state index contributed by atoms with van der Waals surface area (Å²) in [4.78, 5) is 13.2. The van der Waals surface area contributed by atoms with E-state index in [2.05, 4.69) is 6.92 Å². The Bertz CT molecular complexity index is 401. The first-order valence-electron chi connectivity index (χ1n) is 7.25. The van der Waals surface area contributed by atoms with Crippen LogP contribution in [0.2, 0.25) is 0 Å². The maximum Gasteiger partial charge on any atom is 0.338 e. The van der Waals surface area contributed by atoms with E-state index >= 15 is 0 Å². The number of carbonyl (C=O) groups is 1. The summed E-state index contributed by atoms with van der Waals surface area (Å²) in [6, 6.07) is 7.12. The van der Waals surface area contributed by atoms with Gasteiger partial charge in [0.2, 0.25) is 0 Å². The third kappa shape index (κ3) is 6.06. The molecule has 0 amide bonds. The molecule has 0 aliphatic rings. The van der Waals surface area contributed by atoms with Crippen molar-refractivity contribution in [2.75, 3.05) is 27.2 Å². The minimum absolute atomic E-state index is 0.0898. The van der Waals surface area contributed by atoms with Crippen LogP contribution in [-0.2, 0) is 4.74 Å². The number of carbonyl (C=O) groups excluding carboxylic acids is 1. The monoisotopic (exact) mass is 280 g/mol. The van der Waals surface area contributed by atoms with Crippen LogP contribution in [0.4, 0.5) is 0 Å². The van der Waals surface area contributed by atoms with Crippen LogP contribution in [0.15, 0.2) is 24.3 Å². The molecule has 112 valence electrons. The summed E-state index contributed by atoms with van der Waals surface area (Å²) in [6.07, 6.45) is 2.05. The van der Waals surface area contributed by atoms with E-state index in [1.54, 1.807) is 12.1 Å². The molecule has 0 saturated heterocycles. The van der Waals surface area contributed by atoms with Crippen LogP contribution in [0.25, 0.3) is 0 Å². The van der Waals surface area contributed by atoms with Gasteiger partial charge in [0.1, 0.15) is 18.4 Å². The van der Waals surface area contributed by atoms with Crippen LogP contribution in [0, 0.1) is 0 Å². The second-order valence-corrected chi connectivity index (χ2v) is 5.35. The minimum atomic E-state index is -0.279. The topological polar surface area (TPSA) is 40.0 Å². The molecule has 0 radical (unpaired) electrons. The molecule has 4 nitrogen and oxygen atoms in total. The molecule has 0 fully saturated rings. The molecule has 0 aliphatic heterocycles. The highest BCUT2D eigenvalue weighted by atomic mass is 16.5. The molecule has 20 heavy (non-hydrogen) atoms. The summed E-state index contributed by atoms with van der Waals surface area (Å²) in [5.41, 5.74) is 0.563. The van der Waals surface area contributed by atoms with Gasteiger partial charge in [0, 0.05) is 0 Å². The van der Waals surface area contributed by atoms with Gasteiger partial charge in [0.25, 0.3) is 0 Å². The van der Waals surface area contributed by atoms with Gasteiger partial charge >= 0.3 is 5.97 Å². The van der Waals surface area contributed by atoms with E-state index in [9.17, 15) is 4.79 Å². The maximum absolute atomic E-state index is 11.9. The van der Waals surface area contributed by atoms with E-state index in [0.717, 1.165) is 25.1 Å². The number of quaternary nitrogens is 1. The van der Waals surface area contributed by atoms with Crippen molar-refractivity contribution in [3.63, 3.8) is 0 Å². The summed E-state index contributed by atoms with van der Waals surface area (Å²) in [5.74, 6) is 0.514. The molecular formula is C16H26NO3+. The van der Waals surface area contributed by atoms with Crippen LogP contribution in [0.3, 0.4) is 0 Å². The third-order valence-corrected chi connectivity index (χ3v) is 2.86. The standard InChI is InChI=1S/C16H25NO3/c1-5-6-11-19-15-9-7-14(8-10-15)16(18)20-13(2)12-17(3)4/h7-10,13H,5-6,11-12H2,1-4H3/p+1. The number of hydrogen-bond donors (Lipinski definition) is 1.